The van der Waals surface area contributed by atoms with Crippen molar-refractivity contribution in [3.8, 4) is 0 Å². The molecule has 1 saturated heterocycles. The highest BCUT2D eigenvalue weighted by Crippen LogP contribution is 2.26. The molecular formula is C15H29N3O. The smallest absolute Gasteiger partial charge is 0.234 e. The van der Waals surface area contributed by atoms with E-state index in [-0.39, 0.29) is 5.91 Å². The Hall–Kier alpha value is -0.610. The molecular weight excluding hydrogens is 238 g/mol. The van der Waals surface area contributed by atoms with Crippen LogP contribution in [0.1, 0.15) is 45.4 Å². The van der Waals surface area contributed by atoms with Gasteiger partial charge in [-0.3, -0.25) is 9.69 Å². The summed E-state index contributed by atoms with van der Waals surface area (Å²) in [6.07, 6.45) is 7.41. The zero-order chi connectivity index (χ0) is 13.5. The first-order chi connectivity index (χ1) is 9.29. The third kappa shape index (κ3) is 4.77. The molecule has 19 heavy (non-hydrogen) atoms. The summed E-state index contributed by atoms with van der Waals surface area (Å²) < 4.78 is 0. The number of nitrogens with one attached hydrogen (secondary N) is 2. The van der Waals surface area contributed by atoms with Gasteiger partial charge < -0.3 is 10.6 Å². The molecule has 2 unspecified atom stereocenters. The van der Waals surface area contributed by atoms with Crippen LogP contribution in [0.25, 0.3) is 0 Å². The molecule has 1 aliphatic heterocycles. The lowest BCUT2D eigenvalue weighted by molar-refractivity contribution is -0.123. The lowest BCUT2D eigenvalue weighted by Gasteiger charge is -2.32. The van der Waals surface area contributed by atoms with E-state index >= 15 is 0 Å². The Balaban J connectivity index is 1.75. The molecule has 0 aromatic heterocycles. The molecule has 1 amide bonds. The first kappa shape index (κ1) is 14.8. The largest absolute Gasteiger partial charge is 0.352 e. The summed E-state index contributed by atoms with van der Waals surface area (Å²) in [6, 6.07) is 0.427. The molecule has 0 spiro atoms. The van der Waals surface area contributed by atoms with E-state index in [1.165, 1.54) is 32.1 Å². The zero-order valence-corrected chi connectivity index (χ0v) is 12.3. The molecule has 2 N–H and O–H groups in total. The van der Waals surface area contributed by atoms with E-state index in [1.54, 1.807) is 0 Å². The van der Waals surface area contributed by atoms with Crippen LogP contribution in [0.15, 0.2) is 0 Å². The summed E-state index contributed by atoms with van der Waals surface area (Å²) in [6.45, 7) is 6.95. The quantitative estimate of drug-likeness (QED) is 0.808. The van der Waals surface area contributed by atoms with Gasteiger partial charge in [-0.1, -0.05) is 26.2 Å². The normalized spacial score (nSPS) is 29.7. The predicted molar refractivity (Wildman–Crippen MR) is 78.1 cm³/mol. The van der Waals surface area contributed by atoms with E-state index < -0.39 is 0 Å². The van der Waals surface area contributed by atoms with E-state index in [9.17, 15) is 4.79 Å². The van der Waals surface area contributed by atoms with Crippen LogP contribution >= 0.6 is 0 Å². The Labute approximate surface area is 117 Å². The van der Waals surface area contributed by atoms with Crippen molar-refractivity contribution < 1.29 is 4.79 Å². The van der Waals surface area contributed by atoms with Crippen LogP contribution < -0.4 is 10.6 Å². The van der Waals surface area contributed by atoms with Gasteiger partial charge >= 0.3 is 0 Å². The Kier molecular flexibility index (Phi) is 6.11. The van der Waals surface area contributed by atoms with Gasteiger partial charge in [-0.05, 0) is 38.3 Å². The number of hydrogen-bond donors (Lipinski definition) is 2. The van der Waals surface area contributed by atoms with Gasteiger partial charge in [0.05, 0.1) is 6.54 Å². The third-order valence-corrected chi connectivity index (χ3v) is 4.58. The van der Waals surface area contributed by atoms with Gasteiger partial charge in [0, 0.05) is 19.1 Å². The summed E-state index contributed by atoms with van der Waals surface area (Å²) in [5.41, 5.74) is 0. The molecule has 2 fully saturated rings. The first-order valence-corrected chi connectivity index (χ1v) is 8.02. The molecule has 4 nitrogen and oxygen atoms in total. The second-order valence-corrected chi connectivity index (χ2v) is 6.01. The highest BCUT2D eigenvalue weighted by atomic mass is 16.2. The molecule has 2 aliphatic rings. The molecule has 110 valence electrons. The van der Waals surface area contributed by atoms with Gasteiger partial charge in [0.25, 0.3) is 0 Å². The van der Waals surface area contributed by atoms with E-state index in [0.29, 0.717) is 18.5 Å². The van der Waals surface area contributed by atoms with E-state index in [4.69, 9.17) is 0 Å². The van der Waals surface area contributed by atoms with Crippen LogP contribution in [-0.4, -0.2) is 49.6 Å². The number of hydrogen-bond acceptors (Lipinski definition) is 3. The van der Waals surface area contributed by atoms with Gasteiger partial charge in [0.2, 0.25) is 5.91 Å². The van der Waals surface area contributed by atoms with Crippen molar-refractivity contribution in [2.45, 2.75) is 51.5 Å². The first-order valence-electron chi connectivity index (χ1n) is 8.02. The minimum absolute atomic E-state index is 0.229. The van der Waals surface area contributed by atoms with Crippen LogP contribution in [0, 0.1) is 5.92 Å². The second-order valence-electron chi connectivity index (χ2n) is 6.01. The number of carbonyl (C=O) groups excluding carboxylic acids is 1. The average molecular weight is 267 g/mol. The van der Waals surface area contributed by atoms with E-state index in [0.717, 1.165) is 32.6 Å². The summed E-state index contributed by atoms with van der Waals surface area (Å²) in [5.74, 6) is 0.927. The molecule has 0 aromatic carbocycles. The minimum atomic E-state index is 0.229. The van der Waals surface area contributed by atoms with E-state index in [2.05, 4.69) is 22.5 Å². The van der Waals surface area contributed by atoms with Gasteiger partial charge in [-0.15, -0.1) is 0 Å². The third-order valence-electron chi connectivity index (χ3n) is 4.58. The minimum Gasteiger partial charge on any atom is -0.352 e. The van der Waals surface area contributed by atoms with Crippen molar-refractivity contribution in [1.82, 2.24) is 15.5 Å². The van der Waals surface area contributed by atoms with Crippen molar-refractivity contribution in [3.63, 3.8) is 0 Å². The lowest BCUT2D eigenvalue weighted by atomic mass is 9.83. The monoisotopic (exact) mass is 267 g/mol. The topological polar surface area (TPSA) is 44.4 Å². The molecule has 2 atom stereocenters. The molecule has 4 heteroatoms. The molecule has 0 bridgehead atoms. The van der Waals surface area contributed by atoms with Crippen molar-refractivity contribution in [2.75, 3.05) is 32.7 Å². The van der Waals surface area contributed by atoms with Gasteiger partial charge in [-0.2, -0.15) is 0 Å². The van der Waals surface area contributed by atoms with Crippen LogP contribution in [0.3, 0.4) is 0 Å². The molecule has 1 saturated carbocycles. The zero-order valence-electron chi connectivity index (χ0n) is 12.3. The standard InChI is InChI=1S/C15H29N3O/c1-2-13-6-3-4-7-14(13)17-15(19)12-18-10-5-8-16-9-11-18/h13-14,16H,2-12H2,1H3,(H,17,19). The van der Waals surface area contributed by atoms with Crippen LogP contribution in [0.5, 0.6) is 0 Å². The molecule has 2 rings (SSSR count). The maximum Gasteiger partial charge on any atom is 0.234 e. The lowest BCUT2D eigenvalue weighted by Crippen LogP contribution is -2.46. The van der Waals surface area contributed by atoms with Crippen molar-refractivity contribution in [2.24, 2.45) is 5.92 Å². The Morgan fingerprint density at radius 3 is 2.89 bits per heavy atom. The molecule has 0 radical (unpaired) electrons. The van der Waals surface area contributed by atoms with Crippen LogP contribution in [-0.2, 0) is 4.79 Å². The number of nitrogens with zero attached hydrogens (tertiary/aromatic N) is 1. The highest BCUT2D eigenvalue weighted by Gasteiger charge is 2.25. The highest BCUT2D eigenvalue weighted by molar-refractivity contribution is 5.78. The summed E-state index contributed by atoms with van der Waals surface area (Å²) in [7, 11) is 0. The van der Waals surface area contributed by atoms with Crippen LogP contribution in [0.4, 0.5) is 0 Å². The Morgan fingerprint density at radius 2 is 2.05 bits per heavy atom. The molecule has 1 heterocycles. The number of rotatable bonds is 4. The predicted octanol–water partition coefficient (Wildman–Crippen LogP) is 1.37. The number of carbonyl (C=O) groups is 1. The number of amides is 1. The van der Waals surface area contributed by atoms with Crippen molar-refractivity contribution >= 4 is 5.91 Å². The fourth-order valence-electron chi connectivity index (χ4n) is 3.40. The van der Waals surface area contributed by atoms with Gasteiger partial charge in [0.15, 0.2) is 0 Å². The Bertz CT molecular complexity index is 275. The van der Waals surface area contributed by atoms with Crippen molar-refractivity contribution in [1.29, 1.82) is 0 Å². The fraction of sp³-hybridized carbons (Fsp3) is 0.933. The molecule has 1 aliphatic carbocycles. The fourth-order valence-corrected chi connectivity index (χ4v) is 3.40. The van der Waals surface area contributed by atoms with E-state index in [1.807, 2.05) is 0 Å². The maximum absolute atomic E-state index is 12.2. The maximum atomic E-state index is 12.2. The Morgan fingerprint density at radius 1 is 1.21 bits per heavy atom. The van der Waals surface area contributed by atoms with Gasteiger partial charge in [0.1, 0.15) is 0 Å². The SMILES string of the molecule is CCC1CCCCC1NC(=O)CN1CCCNCC1. The summed E-state index contributed by atoms with van der Waals surface area (Å²) in [5, 5.41) is 6.66. The van der Waals surface area contributed by atoms with Crippen LogP contribution in [0.2, 0.25) is 0 Å². The second kappa shape index (κ2) is 7.85. The summed E-state index contributed by atoms with van der Waals surface area (Å²) >= 11 is 0. The van der Waals surface area contributed by atoms with Gasteiger partial charge in [-0.25, -0.2) is 0 Å². The molecule has 0 aromatic rings. The average Bonchev–Trinajstić information content (AvgIpc) is 2.68. The summed E-state index contributed by atoms with van der Waals surface area (Å²) in [4.78, 5) is 14.5. The van der Waals surface area contributed by atoms with Crippen molar-refractivity contribution in [3.05, 3.63) is 0 Å².